The number of ether oxygens (including phenoxy) is 2. The van der Waals surface area contributed by atoms with Gasteiger partial charge in [0.2, 0.25) is 6.79 Å². The van der Waals surface area contributed by atoms with Crippen LogP contribution in [-0.2, 0) is 10.5 Å². The lowest BCUT2D eigenvalue weighted by atomic mass is 10.1. The summed E-state index contributed by atoms with van der Waals surface area (Å²) in [6.07, 6.45) is 3.44. The van der Waals surface area contributed by atoms with Crippen LogP contribution in [0.4, 0.5) is 0 Å². The fourth-order valence-electron chi connectivity index (χ4n) is 2.17. The molecule has 0 fully saturated rings. The zero-order chi connectivity index (χ0) is 16.5. The van der Waals surface area contributed by atoms with Gasteiger partial charge in [0.05, 0.1) is 0 Å². The molecule has 0 unspecified atom stereocenters. The maximum Gasteiger partial charge on any atom is 0.275 e. The number of nitrogens with one attached hydrogen (secondary N) is 1. The van der Waals surface area contributed by atoms with E-state index >= 15 is 0 Å². The first-order chi connectivity index (χ1) is 11.7. The Bertz CT molecular complexity index is 879. The Labute approximate surface area is 150 Å². The molecule has 1 aromatic carbocycles. The topological polar surface area (TPSA) is 72.8 Å². The van der Waals surface area contributed by atoms with Gasteiger partial charge in [-0.3, -0.25) is 10.1 Å². The van der Waals surface area contributed by atoms with Gasteiger partial charge >= 0.3 is 0 Å². The number of nitrogens with zero attached hydrogens (tertiary/aromatic N) is 2. The second-order valence-corrected chi connectivity index (χ2v) is 7.54. The van der Waals surface area contributed by atoms with Gasteiger partial charge in [0.1, 0.15) is 5.70 Å². The fraction of sp³-hybridized carbons (Fsp3) is 0.133. The summed E-state index contributed by atoms with van der Waals surface area (Å²) >= 11 is 8.65. The molecule has 122 valence electrons. The van der Waals surface area contributed by atoms with Crippen molar-refractivity contribution in [2.24, 2.45) is 4.99 Å². The van der Waals surface area contributed by atoms with Crippen LogP contribution in [0.1, 0.15) is 10.4 Å². The number of fused-ring (bicyclic) bond motifs is 1. The van der Waals surface area contributed by atoms with E-state index in [2.05, 4.69) is 15.3 Å². The summed E-state index contributed by atoms with van der Waals surface area (Å²) in [5, 5.41) is 3.32. The lowest BCUT2D eigenvalue weighted by Crippen LogP contribution is -2.21. The molecular formula is C15H10ClN3O3S2. The monoisotopic (exact) mass is 379 g/mol. The second kappa shape index (κ2) is 6.46. The molecule has 2 aromatic rings. The van der Waals surface area contributed by atoms with Crippen LogP contribution in [0.2, 0.25) is 4.47 Å². The zero-order valence-corrected chi connectivity index (χ0v) is 14.5. The molecule has 0 atom stereocenters. The van der Waals surface area contributed by atoms with E-state index in [0.29, 0.717) is 32.6 Å². The van der Waals surface area contributed by atoms with Gasteiger partial charge in [-0.2, -0.15) is 0 Å². The maximum absolute atomic E-state index is 12.0. The molecule has 0 saturated carbocycles. The average Bonchev–Trinajstić information content (AvgIpc) is 3.26. The Kier molecular flexibility index (Phi) is 4.17. The highest BCUT2D eigenvalue weighted by Gasteiger charge is 2.21. The van der Waals surface area contributed by atoms with E-state index in [9.17, 15) is 4.79 Å². The smallest absolute Gasteiger partial charge is 0.275 e. The molecule has 0 bridgehead atoms. The van der Waals surface area contributed by atoms with Crippen molar-refractivity contribution in [3.8, 4) is 11.5 Å². The Morgan fingerprint density at radius 2 is 2.25 bits per heavy atom. The number of rotatable bonds is 3. The first-order valence-corrected chi connectivity index (χ1v) is 9.10. The highest BCUT2D eigenvalue weighted by Crippen LogP contribution is 2.33. The molecule has 24 heavy (non-hydrogen) atoms. The van der Waals surface area contributed by atoms with Gasteiger partial charge in [-0.05, 0) is 23.8 Å². The summed E-state index contributed by atoms with van der Waals surface area (Å²) in [5.74, 6) is 1.80. The first kappa shape index (κ1) is 15.5. The molecule has 1 amide bonds. The maximum atomic E-state index is 12.0. The number of carbonyl (C=O) groups excluding carboxylic acids is 1. The summed E-state index contributed by atoms with van der Waals surface area (Å²) < 4.78 is 11.1. The number of aliphatic imine (C=N–C) groups is 1. The van der Waals surface area contributed by atoms with Gasteiger partial charge in [-0.1, -0.05) is 29.4 Å². The molecule has 3 heterocycles. The third-order valence-electron chi connectivity index (χ3n) is 3.25. The van der Waals surface area contributed by atoms with Gasteiger partial charge in [0.15, 0.2) is 21.1 Å². The van der Waals surface area contributed by atoms with Crippen molar-refractivity contribution in [2.75, 3.05) is 6.79 Å². The Morgan fingerprint density at radius 3 is 3.08 bits per heavy atom. The minimum absolute atomic E-state index is 0.219. The van der Waals surface area contributed by atoms with Gasteiger partial charge in [-0.25, -0.2) is 9.98 Å². The van der Waals surface area contributed by atoms with Crippen molar-refractivity contribution in [1.29, 1.82) is 0 Å². The summed E-state index contributed by atoms with van der Waals surface area (Å²) in [6.45, 7) is 0.219. The van der Waals surface area contributed by atoms with E-state index in [0.717, 1.165) is 10.4 Å². The Balaban J connectivity index is 1.48. The fourth-order valence-corrected chi connectivity index (χ4v) is 4.03. The van der Waals surface area contributed by atoms with Crippen LogP contribution in [0.3, 0.4) is 0 Å². The molecule has 0 spiro atoms. The van der Waals surface area contributed by atoms with Crippen molar-refractivity contribution < 1.29 is 14.3 Å². The average molecular weight is 380 g/mol. The molecule has 1 N–H and O–H groups in total. The van der Waals surface area contributed by atoms with Crippen LogP contribution in [0.25, 0.3) is 6.08 Å². The van der Waals surface area contributed by atoms with Gasteiger partial charge < -0.3 is 9.47 Å². The first-order valence-electron chi connectivity index (χ1n) is 6.92. The molecule has 1 aromatic heterocycles. The van der Waals surface area contributed by atoms with Gasteiger partial charge in [-0.15, -0.1) is 11.3 Å². The largest absolute Gasteiger partial charge is 0.454 e. The van der Waals surface area contributed by atoms with Crippen molar-refractivity contribution >= 4 is 51.9 Å². The number of aromatic nitrogens is 1. The third kappa shape index (κ3) is 3.26. The number of benzene rings is 1. The van der Waals surface area contributed by atoms with E-state index in [-0.39, 0.29) is 12.7 Å². The molecular weight excluding hydrogens is 370 g/mol. The third-order valence-corrected chi connectivity index (χ3v) is 5.47. The Morgan fingerprint density at radius 1 is 1.38 bits per heavy atom. The van der Waals surface area contributed by atoms with Gasteiger partial charge in [0, 0.05) is 16.8 Å². The number of thiazole rings is 1. The minimum atomic E-state index is -0.225. The van der Waals surface area contributed by atoms with Crippen molar-refractivity contribution in [2.45, 2.75) is 5.75 Å². The van der Waals surface area contributed by atoms with E-state index in [1.54, 1.807) is 12.3 Å². The summed E-state index contributed by atoms with van der Waals surface area (Å²) in [4.78, 5) is 21.4. The number of halogens is 1. The van der Waals surface area contributed by atoms with Crippen LogP contribution in [0.15, 0.2) is 35.1 Å². The molecule has 0 saturated heterocycles. The molecule has 6 nitrogen and oxygen atoms in total. The predicted octanol–water partition coefficient (Wildman–Crippen LogP) is 3.29. The van der Waals surface area contributed by atoms with Crippen molar-refractivity contribution in [3.63, 3.8) is 0 Å². The van der Waals surface area contributed by atoms with E-state index in [4.69, 9.17) is 21.1 Å². The number of carbonyl (C=O) groups is 1. The van der Waals surface area contributed by atoms with Crippen molar-refractivity contribution in [1.82, 2.24) is 10.3 Å². The number of hydrogen-bond acceptors (Lipinski definition) is 7. The minimum Gasteiger partial charge on any atom is -0.454 e. The number of hydrogen-bond donors (Lipinski definition) is 1. The summed E-state index contributed by atoms with van der Waals surface area (Å²) in [5.41, 5.74) is 1.19. The zero-order valence-electron chi connectivity index (χ0n) is 12.1. The Hall–Kier alpha value is -2.03. The highest BCUT2D eigenvalue weighted by atomic mass is 35.5. The second-order valence-electron chi connectivity index (χ2n) is 4.88. The van der Waals surface area contributed by atoms with E-state index in [1.807, 2.05) is 18.2 Å². The standard InChI is InChI=1S/C15H10ClN3O3S2/c16-14-17-5-9(24-14)6-23-15-18-10(13(20)19-15)3-8-1-2-11-12(4-8)22-7-21-11/h1-5H,6-7H2,(H,18,19,20)/b10-3+. The summed E-state index contributed by atoms with van der Waals surface area (Å²) in [6, 6.07) is 5.49. The van der Waals surface area contributed by atoms with Crippen LogP contribution < -0.4 is 14.8 Å². The van der Waals surface area contributed by atoms with Crippen LogP contribution >= 0.6 is 34.7 Å². The predicted molar refractivity (Wildman–Crippen MR) is 94.5 cm³/mol. The van der Waals surface area contributed by atoms with Crippen molar-refractivity contribution in [3.05, 3.63) is 45.0 Å². The highest BCUT2D eigenvalue weighted by molar-refractivity contribution is 8.13. The number of amidine groups is 1. The van der Waals surface area contributed by atoms with E-state index in [1.165, 1.54) is 23.1 Å². The van der Waals surface area contributed by atoms with Crippen LogP contribution in [-0.4, -0.2) is 22.9 Å². The quantitative estimate of drug-likeness (QED) is 0.828. The summed E-state index contributed by atoms with van der Waals surface area (Å²) in [7, 11) is 0. The number of thioether (sulfide) groups is 1. The molecule has 4 rings (SSSR count). The van der Waals surface area contributed by atoms with Crippen LogP contribution in [0.5, 0.6) is 11.5 Å². The molecule has 2 aliphatic rings. The molecule has 0 aliphatic carbocycles. The number of amides is 1. The SMILES string of the molecule is O=C1NC(SCc2cnc(Cl)s2)=N/C1=C/c1ccc2c(c1)OCO2. The molecule has 0 radical (unpaired) electrons. The van der Waals surface area contributed by atoms with E-state index < -0.39 is 0 Å². The van der Waals surface area contributed by atoms with Gasteiger partial charge in [0.25, 0.3) is 5.91 Å². The molecule has 9 heteroatoms. The lowest BCUT2D eigenvalue weighted by molar-refractivity contribution is -0.115. The molecule has 2 aliphatic heterocycles. The lowest BCUT2D eigenvalue weighted by Gasteiger charge is -1.98. The normalized spacial score (nSPS) is 17.3. The van der Waals surface area contributed by atoms with Crippen LogP contribution in [0, 0.1) is 0 Å².